The Morgan fingerprint density at radius 1 is 1.46 bits per heavy atom. The van der Waals surface area contributed by atoms with E-state index in [1.165, 1.54) is 32.5 Å². The lowest BCUT2D eigenvalue weighted by atomic mass is 9.97. The first kappa shape index (κ1) is 10.7. The van der Waals surface area contributed by atoms with Gasteiger partial charge in [0.2, 0.25) is 0 Å². The van der Waals surface area contributed by atoms with E-state index in [2.05, 4.69) is 23.7 Å². The van der Waals surface area contributed by atoms with E-state index >= 15 is 0 Å². The summed E-state index contributed by atoms with van der Waals surface area (Å²) in [5.74, 6) is 0.904. The lowest BCUT2D eigenvalue weighted by Gasteiger charge is -2.31. The van der Waals surface area contributed by atoms with E-state index in [0.29, 0.717) is 0 Å². The SMILES string of the molecule is C=CCN1CCC(CNCC)CC1. The van der Waals surface area contributed by atoms with Crippen molar-refractivity contribution in [3.05, 3.63) is 12.7 Å². The van der Waals surface area contributed by atoms with Gasteiger partial charge in [-0.05, 0) is 44.9 Å². The van der Waals surface area contributed by atoms with E-state index in [1.807, 2.05) is 6.08 Å². The van der Waals surface area contributed by atoms with Crippen LogP contribution in [0.25, 0.3) is 0 Å². The second kappa shape index (κ2) is 6.17. The summed E-state index contributed by atoms with van der Waals surface area (Å²) in [5, 5.41) is 3.43. The van der Waals surface area contributed by atoms with Crippen molar-refractivity contribution in [2.24, 2.45) is 5.92 Å². The minimum absolute atomic E-state index is 0.904. The van der Waals surface area contributed by atoms with Gasteiger partial charge in [-0.25, -0.2) is 0 Å². The van der Waals surface area contributed by atoms with Gasteiger partial charge in [0.25, 0.3) is 0 Å². The molecule has 1 fully saturated rings. The molecule has 0 aromatic carbocycles. The van der Waals surface area contributed by atoms with Crippen molar-refractivity contribution in [3.63, 3.8) is 0 Å². The summed E-state index contributed by atoms with van der Waals surface area (Å²) >= 11 is 0. The summed E-state index contributed by atoms with van der Waals surface area (Å²) in [6.45, 7) is 11.8. The summed E-state index contributed by atoms with van der Waals surface area (Å²) in [7, 11) is 0. The third-order valence-corrected chi connectivity index (χ3v) is 2.78. The molecule has 0 radical (unpaired) electrons. The Bertz CT molecular complexity index is 137. The molecule has 0 unspecified atom stereocenters. The lowest BCUT2D eigenvalue weighted by molar-refractivity contribution is 0.199. The third kappa shape index (κ3) is 3.92. The highest BCUT2D eigenvalue weighted by molar-refractivity contribution is 4.79. The maximum atomic E-state index is 3.77. The molecule has 2 nitrogen and oxygen atoms in total. The molecule has 0 aliphatic carbocycles. The molecule has 0 amide bonds. The van der Waals surface area contributed by atoms with E-state index in [4.69, 9.17) is 0 Å². The molecule has 1 aliphatic heterocycles. The maximum absolute atomic E-state index is 3.77. The Kier molecular flexibility index (Phi) is 5.09. The average molecular weight is 182 g/mol. The minimum atomic E-state index is 0.904. The van der Waals surface area contributed by atoms with Crippen LogP contribution in [-0.4, -0.2) is 37.6 Å². The van der Waals surface area contributed by atoms with Crippen molar-refractivity contribution in [2.75, 3.05) is 32.7 Å². The Labute approximate surface area is 82.0 Å². The third-order valence-electron chi connectivity index (χ3n) is 2.78. The number of piperidine rings is 1. The molecule has 1 rings (SSSR count). The van der Waals surface area contributed by atoms with Gasteiger partial charge in [0.15, 0.2) is 0 Å². The van der Waals surface area contributed by atoms with Gasteiger partial charge in [-0.2, -0.15) is 0 Å². The molecule has 13 heavy (non-hydrogen) atoms. The van der Waals surface area contributed by atoms with Crippen LogP contribution in [0.4, 0.5) is 0 Å². The highest BCUT2D eigenvalue weighted by atomic mass is 15.1. The van der Waals surface area contributed by atoms with E-state index in [1.54, 1.807) is 0 Å². The van der Waals surface area contributed by atoms with Crippen LogP contribution < -0.4 is 5.32 Å². The van der Waals surface area contributed by atoms with Crippen molar-refractivity contribution < 1.29 is 0 Å². The van der Waals surface area contributed by atoms with Crippen LogP contribution >= 0.6 is 0 Å². The zero-order valence-electron chi connectivity index (χ0n) is 8.76. The summed E-state index contributed by atoms with van der Waals surface area (Å²) in [4.78, 5) is 2.48. The van der Waals surface area contributed by atoms with E-state index in [-0.39, 0.29) is 0 Å². The zero-order valence-corrected chi connectivity index (χ0v) is 8.76. The molecule has 1 N–H and O–H groups in total. The fourth-order valence-corrected chi connectivity index (χ4v) is 1.90. The predicted octanol–water partition coefficient (Wildman–Crippen LogP) is 1.49. The fourth-order valence-electron chi connectivity index (χ4n) is 1.90. The van der Waals surface area contributed by atoms with Gasteiger partial charge >= 0.3 is 0 Å². The Balaban J connectivity index is 2.11. The van der Waals surface area contributed by atoms with E-state index in [9.17, 15) is 0 Å². The number of rotatable bonds is 5. The number of likely N-dealkylation sites (tertiary alicyclic amines) is 1. The Hall–Kier alpha value is -0.340. The van der Waals surface area contributed by atoms with Crippen molar-refractivity contribution >= 4 is 0 Å². The molecule has 0 bridgehead atoms. The molecule has 2 heteroatoms. The van der Waals surface area contributed by atoms with Crippen molar-refractivity contribution in [3.8, 4) is 0 Å². The van der Waals surface area contributed by atoms with Gasteiger partial charge < -0.3 is 5.32 Å². The first-order chi connectivity index (χ1) is 6.36. The number of nitrogens with zero attached hydrogens (tertiary/aromatic N) is 1. The molecule has 0 aromatic heterocycles. The van der Waals surface area contributed by atoms with Crippen LogP contribution in [0.3, 0.4) is 0 Å². The number of hydrogen-bond donors (Lipinski definition) is 1. The molecule has 1 aliphatic rings. The van der Waals surface area contributed by atoms with Crippen LogP contribution in [0.15, 0.2) is 12.7 Å². The normalized spacial score (nSPS) is 20.4. The minimum Gasteiger partial charge on any atom is -0.317 e. The smallest absolute Gasteiger partial charge is 0.0160 e. The summed E-state index contributed by atoms with van der Waals surface area (Å²) in [6.07, 6.45) is 4.70. The molecule has 1 saturated heterocycles. The van der Waals surface area contributed by atoms with Gasteiger partial charge in [0.1, 0.15) is 0 Å². The highest BCUT2D eigenvalue weighted by Crippen LogP contribution is 2.15. The maximum Gasteiger partial charge on any atom is 0.0160 e. The summed E-state index contributed by atoms with van der Waals surface area (Å²) in [6, 6.07) is 0. The van der Waals surface area contributed by atoms with Crippen molar-refractivity contribution in [1.29, 1.82) is 0 Å². The second-order valence-corrected chi connectivity index (χ2v) is 3.84. The van der Waals surface area contributed by atoms with Crippen LogP contribution in [0, 0.1) is 5.92 Å². The second-order valence-electron chi connectivity index (χ2n) is 3.84. The molecular formula is C11H22N2. The van der Waals surface area contributed by atoms with Gasteiger partial charge in [-0.1, -0.05) is 13.0 Å². The summed E-state index contributed by atoms with van der Waals surface area (Å²) < 4.78 is 0. The molecule has 0 saturated carbocycles. The fraction of sp³-hybridized carbons (Fsp3) is 0.818. The summed E-state index contributed by atoms with van der Waals surface area (Å²) in [5.41, 5.74) is 0. The van der Waals surface area contributed by atoms with Crippen LogP contribution in [-0.2, 0) is 0 Å². The zero-order chi connectivity index (χ0) is 9.52. The predicted molar refractivity (Wildman–Crippen MR) is 57.9 cm³/mol. The van der Waals surface area contributed by atoms with Crippen molar-refractivity contribution in [2.45, 2.75) is 19.8 Å². The topological polar surface area (TPSA) is 15.3 Å². The molecule has 0 aromatic rings. The largest absolute Gasteiger partial charge is 0.317 e. The van der Waals surface area contributed by atoms with Crippen LogP contribution in [0.1, 0.15) is 19.8 Å². The van der Waals surface area contributed by atoms with Gasteiger partial charge in [0, 0.05) is 6.54 Å². The average Bonchev–Trinajstić information content (AvgIpc) is 2.17. The Morgan fingerprint density at radius 2 is 2.15 bits per heavy atom. The molecule has 1 heterocycles. The lowest BCUT2D eigenvalue weighted by Crippen LogP contribution is -2.37. The molecule has 76 valence electrons. The number of hydrogen-bond acceptors (Lipinski definition) is 2. The van der Waals surface area contributed by atoms with Gasteiger partial charge in [0.05, 0.1) is 0 Å². The monoisotopic (exact) mass is 182 g/mol. The first-order valence-electron chi connectivity index (χ1n) is 5.40. The van der Waals surface area contributed by atoms with Crippen LogP contribution in [0.2, 0.25) is 0 Å². The van der Waals surface area contributed by atoms with E-state index in [0.717, 1.165) is 19.0 Å². The van der Waals surface area contributed by atoms with Gasteiger partial charge in [-0.15, -0.1) is 6.58 Å². The Morgan fingerprint density at radius 3 is 2.69 bits per heavy atom. The van der Waals surface area contributed by atoms with Crippen LogP contribution in [0.5, 0.6) is 0 Å². The van der Waals surface area contributed by atoms with Crippen molar-refractivity contribution in [1.82, 2.24) is 10.2 Å². The number of nitrogens with one attached hydrogen (secondary N) is 1. The molecule has 0 atom stereocenters. The molecular weight excluding hydrogens is 160 g/mol. The van der Waals surface area contributed by atoms with E-state index < -0.39 is 0 Å². The van der Waals surface area contributed by atoms with Gasteiger partial charge in [-0.3, -0.25) is 4.90 Å². The standard InChI is InChI=1S/C11H22N2/c1-3-7-13-8-5-11(6-9-13)10-12-4-2/h3,11-12H,1,4-10H2,2H3. The first-order valence-corrected chi connectivity index (χ1v) is 5.40. The molecule has 0 spiro atoms. The quantitative estimate of drug-likeness (QED) is 0.648. The highest BCUT2D eigenvalue weighted by Gasteiger charge is 2.17.